The molecule has 17 heteroatoms. The van der Waals surface area contributed by atoms with Crippen molar-refractivity contribution in [2.75, 3.05) is 23.8 Å². The van der Waals surface area contributed by atoms with E-state index in [1.54, 1.807) is 48.5 Å². The quantitative estimate of drug-likeness (QED) is 0.0493. The van der Waals surface area contributed by atoms with Crippen molar-refractivity contribution in [3.8, 4) is 0 Å². The normalized spacial score (nSPS) is 25.3. The summed E-state index contributed by atoms with van der Waals surface area (Å²) in [5.74, 6) is -2.23. The van der Waals surface area contributed by atoms with Crippen molar-refractivity contribution in [3.63, 3.8) is 0 Å². The highest BCUT2D eigenvalue weighted by Crippen LogP contribution is 2.41. The number of carbonyl (C=O) groups is 4. The van der Waals surface area contributed by atoms with Crippen LogP contribution in [0.1, 0.15) is 111 Å². The Morgan fingerprint density at radius 2 is 1.38 bits per heavy atom. The van der Waals surface area contributed by atoms with E-state index in [1.807, 2.05) is 50.2 Å². The van der Waals surface area contributed by atoms with E-state index in [4.69, 9.17) is 28.4 Å². The maximum atomic E-state index is 15.1. The number of benzene rings is 4. The molecule has 14 nitrogen and oxygen atoms in total. The molecule has 10 atom stereocenters. The lowest BCUT2D eigenvalue weighted by Crippen LogP contribution is -2.68. The summed E-state index contributed by atoms with van der Waals surface area (Å²) < 4.78 is 80.1. The molecule has 0 spiro atoms. The van der Waals surface area contributed by atoms with Crippen molar-refractivity contribution >= 4 is 35.2 Å². The fourth-order valence-corrected chi connectivity index (χ4v) is 9.35. The summed E-state index contributed by atoms with van der Waals surface area (Å²) >= 11 is 0. The Kier molecular flexibility index (Phi) is 19.0. The molecule has 4 aromatic carbocycles. The molecule has 7 rings (SSSR count). The van der Waals surface area contributed by atoms with Gasteiger partial charge in [0, 0.05) is 28.9 Å². The third-order valence-corrected chi connectivity index (χ3v) is 13.0. The van der Waals surface area contributed by atoms with Crippen molar-refractivity contribution in [1.29, 1.82) is 0 Å². The number of aryl methyl sites for hydroxylation is 1. The maximum Gasteiger partial charge on any atom is 0.416 e. The average Bonchev–Trinajstić information content (AvgIpc) is 3.35. The molecule has 4 aromatic rings. The molecule has 3 aliphatic rings. The zero-order valence-corrected chi connectivity index (χ0v) is 40.4. The van der Waals surface area contributed by atoms with Crippen molar-refractivity contribution in [3.05, 3.63) is 131 Å². The van der Waals surface area contributed by atoms with Crippen LogP contribution in [0.5, 0.6) is 0 Å². The summed E-state index contributed by atoms with van der Waals surface area (Å²) in [6, 6.07) is 25.9. The molecule has 4 amide bonds. The van der Waals surface area contributed by atoms with Crippen LogP contribution in [0.15, 0.2) is 109 Å². The third kappa shape index (κ3) is 14.6. The molecule has 382 valence electrons. The van der Waals surface area contributed by atoms with Gasteiger partial charge >= 0.3 is 18.3 Å². The number of halogens is 3. The Bertz CT molecular complexity index is 2360. The van der Waals surface area contributed by atoms with Gasteiger partial charge < -0.3 is 44.4 Å². The summed E-state index contributed by atoms with van der Waals surface area (Å²) in [4.78, 5) is 56.9. The molecule has 3 saturated heterocycles. The first kappa shape index (κ1) is 53.0. The summed E-state index contributed by atoms with van der Waals surface area (Å²) in [7, 11) is 0. The van der Waals surface area contributed by atoms with E-state index < -0.39 is 90.7 Å². The van der Waals surface area contributed by atoms with E-state index in [1.165, 1.54) is 25.0 Å². The van der Waals surface area contributed by atoms with Gasteiger partial charge in [0.15, 0.2) is 18.4 Å². The largest absolute Gasteiger partial charge is 0.442 e. The standard InChI is InChI=1S/C54H65F3N4O10/c1-4-6-7-8-9-10-11-18-29-43(62)61-45-41(5-2)66-32-40(60-52(64)58-39-28-20-26-37(31-39)54(55,56)57)47(45)69-51-44(46(63)35-22-14-12-15-23-35)49(71-53(65)59-38-27-19-21-34(3)30-38)48-42(68-51)33-67-50(70-48)36-24-16-13-17-25-36/h12-17,19-28,30-31,40-42,44-45,47-51H,4-11,18,29,32-33H2,1-3H3,(H,59,65)(H,61,62)(H2,58,60,64)/t40?,41?,42?,44?,45-,47+,48-,49+,50?,51-/m0/s1. The van der Waals surface area contributed by atoms with Crippen molar-refractivity contribution in [2.24, 2.45) is 5.92 Å². The van der Waals surface area contributed by atoms with Crippen LogP contribution in [0.2, 0.25) is 0 Å². The van der Waals surface area contributed by atoms with Gasteiger partial charge in [0.25, 0.3) is 0 Å². The number of anilines is 2. The molecule has 0 radical (unpaired) electrons. The lowest BCUT2D eigenvalue weighted by Gasteiger charge is -2.50. The van der Waals surface area contributed by atoms with Crippen LogP contribution in [0, 0.1) is 12.8 Å². The van der Waals surface area contributed by atoms with E-state index in [9.17, 15) is 27.6 Å². The SMILES string of the molecule is CCCCCCCCCCC(=O)N[C@H]1C(CC)OCC(NC(=O)Nc2cccc(C(F)(F)F)c2)[C@H]1O[C@@H]1OC2COC(c3ccccc3)O[C@@H]2[C@H](OC(=O)Nc2cccc(C)c2)C1C(=O)c1ccccc1. The van der Waals surface area contributed by atoms with E-state index in [-0.39, 0.29) is 36.8 Å². The number of alkyl halides is 3. The molecular formula is C54H65F3N4O10. The van der Waals surface area contributed by atoms with Gasteiger partial charge in [-0.3, -0.25) is 14.9 Å². The number of hydrogen-bond acceptors (Lipinski definition) is 10. The van der Waals surface area contributed by atoms with Gasteiger partial charge in [-0.25, -0.2) is 9.59 Å². The Balaban J connectivity index is 1.23. The number of Topliss-reactive ketones (excluding diaryl/α,β-unsaturated/α-hetero) is 1. The number of amides is 4. The third-order valence-electron chi connectivity index (χ3n) is 13.0. The van der Waals surface area contributed by atoms with Gasteiger partial charge in [-0.05, 0) is 55.7 Å². The molecule has 71 heavy (non-hydrogen) atoms. The second kappa shape index (κ2) is 25.5. The molecule has 4 N–H and O–H groups in total. The number of urea groups is 1. The molecule has 0 saturated carbocycles. The summed E-state index contributed by atoms with van der Waals surface area (Å²) in [6.45, 7) is 5.67. The lowest BCUT2D eigenvalue weighted by atomic mass is 9.84. The number of unbranched alkanes of at least 4 members (excludes halogenated alkanes) is 7. The Hall–Kier alpha value is -5.85. The fourth-order valence-electron chi connectivity index (χ4n) is 9.35. The van der Waals surface area contributed by atoms with Gasteiger partial charge in [-0.15, -0.1) is 0 Å². The fraction of sp³-hybridized carbons (Fsp3) is 0.481. The predicted octanol–water partition coefficient (Wildman–Crippen LogP) is 10.7. The smallest absolute Gasteiger partial charge is 0.416 e. The number of fused-ring (bicyclic) bond motifs is 1. The highest BCUT2D eigenvalue weighted by molar-refractivity contribution is 5.99. The molecule has 3 aliphatic heterocycles. The zero-order chi connectivity index (χ0) is 50.3. The maximum absolute atomic E-state index is 15.1. The molecule has 0 aliphatic carbocycles. The zero-order valence-electron chi connectivity index (χ0n) is 40.4. The molecule has 3 fully saturated rings. The van der Waals surface area contributed by atoms with E-state index >= 15 is 4.79 Å². The topological polar surface area (TPSA) is 172 Å². The van der Waals surface area contributed by atoms with Gasteiger partial charge in [0.1, 0.15) is 30.3 Å². The molecule has 5 unspecified atom stereocenters. The van der Waals surface area contributed by atoms with Crippen LogP contribution in [0.4, 0.5) is 34.1 Å². The highest BCUT2D eigenvalue weighted by Gasteiger charge is 2.57. The van der Waals surface area contributed by atoms with Crippen LogP contribution in [0.25, 0.3) is 0 Å². The van der Waals surface area contributed by atoms with Crippen molar-refractivity contribution in [2.45, 2.75) is 146 Å². The molecule has 0 bridgehead atoms. The molecular weight excluding hydrogens is 922 g/mol. The number of carbonyl (C=O) groups excluding carboxylic acids is 4. The summed E-state index contributed by atoms with van der Waals surface area (Å²) in [5.41, 5.74) is 1.16. The van der Waals surface area contributed by atoms with E-state index in [0.717, 1.165) is 49.8 Å². The lowest BCUT2D eigenvalue weighted by molar-refractivity contribution is -0.355. The second-order valence-corrected chi connectivity index (χ2v) is 18.3. The Morgan fingerprint density at radius 3 is 2.07 bits per heavy atom. The molecule has 0 aromatic heterocycles. The van der Waals surface area contributed by atoms with Crippen molar-refractivity contribution < 1.29 is 60.8 Å². The minimum Gasteiger partial charge on any atom is -0.442 e. The van der Waals surface area contributed by atoms with E-state index in [2.05, 4.69) is 28.2 Å². The predicted molar refractivity (Wildman–Crippen MR) is 259 cm³/mol. The summed E-state index contributed by atoms with van der Waals surface area (Å²) in [6.07, 6.45) is -4.50. The number of hydrogen-bond donors (Lipinski definition) is 4. The van der Waals surface area contributed by atoms with Crippen LogP contribution in [-0.4, -0.2) is 85.9 Å². The van der Waals surface area contributed by atoms with Crippen LogP contribution < -0.4 is 21.3 Å². The number of nitrogens with one attached hydrogen (secondary N) is 4. The molecule has 3 heterocycles. The average molecular weight is 987 g/mol. The minimum absolute atomic E-state index is 0.0824. The Morgan fingerprint density at radius 1 is 0.704 bits per heavy atom. The van der Waals surface area contributed by atoms with Crippen LogP contribution in [-0.2, 0) is 39.4 Å². The number of rotatable bonds is 20. The monoisotopic (exact) mass is 986 g/mol. The first-order valence-corrected chi connectivity index (χ1v) is 24.7. The van der Waals surface area contributed by atoms with E-state index in [0.29, 0.717) is 24.1 Å². The minimum atomic E-state index is -4.66. The Labute approximate surface area is 413 Å². The summed E-state index contributed by atoms with van der Waals surface area (Å²) in [5, 5.41) is 11.2. The first-order chi connectivity index (χ1) is 34.3. The highest BCUT2D eigenvalue weighted by atomic mass is 19.4. The second-order valence-electron chi connectivity index (χ2n) is 18.3. The van der Waals surface area contributed by atoms with Crippen molar-refractivity contribution in [1.82, 2.24) is 10.6 Å². The van der Waals surface area contributed by atoms with Crippen LogP contribution in [0.3, 0.4) is 0 Å². The van der Waals surface area contributed by atoms with Gasteiger partial charge in [-0.2, -0.15) is 13.2 Å². The van der Waals surface area contributed by atoms with Gasteiger partial charge in [0.2, 0.25) is 5.91 Å². The number of ether oxygens (including phenoxy) is 6. The number of ketones is 1. The van der Waals surface area contributed by atoms with Gasteiger partial charge in [0.05, 0.1) is 37.0 Å². The van der Waals surface area contributed by atoms with Crippen LogP contribution >= 0.6 is 0 Å². The van der Waals surface area contributed by atoms with Gasteiger partial charge in [-0.1, -0.05) is 138 Å². The first-order valence-electron chi connectivity index (χ1n) is 24.7.